The normalized spacial score (nSPS) is 10.9. The lowest BCUT2D eigenvalue weighted by Gasteiger charge is -2.07. The van der Waals surface area contributed by atoms with Gasteiger partial charge in [-0.15, -0.1) is 0 Å². The zero-order valence-electron chi connectivity index (χ0n) is 18.6. The quantitative estimate of drug-likeness (QED) is 0.131. The van der Waals surface area contributed by atoms with Gasteiger partial charge in [0.1, 0.15) is 17.3 Å². The Morgan fingerprint density at radius 2 is 1.83 bits per heavy atom. The van der Waals surface area contributed by atoms with E-state index >= 15 is 0 Å². The fourth-order valence-corrected chi connectivity index (χ4v) is 3.82. The average molecular weight is 529 g/mol. The first-order valence-corrected chi connectivity index (χ1v) is 11.3. The number of benzene rings is 2. The molecule has 0 fully saturated rings. The molecule has 186 valence electrons. The lowest BCUT2D eigenvalue weighted by molar-refractivity contribution is 0.176. The van der Waals surface area contributed by atoms with Crippen LogP contribution in [0.3, 0.4) is 0 Å². The van der Waals surface area contributed by atoms with Crippen LogP contribution in [0.25, 0.3) is 17.3 Å². The minimum absolute atomic E-state index is 0.108. The molecule has 0 amide bonds. The molecule has 0 spiro atoms. The molecular formula is C24H22ClF5N4S. The van der Waals surface area contributed by atoms with E-state index in [0.29, 0.717) is 36.4 Å². The molecule has 1 N–H and O–H groups in total. The molecule has 1 aromatic heterocycles. The predicted molar refractivity (Wildman–Crippen MR) is 133 cm³/mol. The van der Waals surface area contributed by atoms with Crippen molar-refractivity contribution >= 4 is 36.2 Å². The highest BCUT2D eigenvalue weighted by Crippen LogP contribution is 2.34. The first-order valence-electron chi connectivity index (χ1n) is 9.97. The molecule has 4 nitrogen and oxygen atoms in total. The van der Waals surface area contributed by atoms with Crippen LogP contribution in [0, 0.1) is 11.6 Å². The van der Waals surface area contributed by atoms with Gasteiger partial charge in [-0.3, -0.25) is 4.39 Å². The van der Waals surface area contributed by atoms with Gasteiger partial charge in [0.2, 0.25) is 6.43 Å². The molecule has 0 bridgehead atoms. The lowest BCUT2D eigenvalue weighted by Crippen LogP contribution is -2.10. The van der Waals surface area contributed by atoms with Crippen molar-refractivity contribution in [1.82, 2.24) is 15.0 Å². The van der Waals surface area contributed by atoms with Crippen LogP contribution in [-0.4, -0.2) is 35.7 Å². The SMILES string of the molecule is C=Nn1c(SCC(F)F)nc(-c2ccc(F)cc2Cl)c1/C=C/C(=C)NCc1ccc(F)cc1.CF. The highest BCUT2D eigenvalue weighted by Gasteiger charge is 2.20. The molecule has 0 atom stereocenters. The van der Waals surface area contributed by atoms with Crippen LogP contribution in [0.1, 0.15) is 11.3 Å². The van der Waals surface area contributed by atoms with E-state index in [1.165, 1.54) is 28.9 Å². The molecule has 2 aromatic carbocycles. The summed E-state index contributed by atoms with van der Waals surface area (Å²) in [5, 5.41) is 7.29. The van der Waals surface area contributed by atoms with Gasteiger partial charge in [0.15, 0.2) is 5.16 Å². The second-order valence-electron chi connectivity index (χ2n) is 6.75. The smallest absolute Gasteiger partial charge is 0.248 e. The number of halogens is 6. The predicted octanol–water partition coefficient (Wildman–Crippen LogP) is 7.21. The number of thioether (sulfide) groups is 1. The van der Waals surface area contributed by atoms with E-state index < -0.39 is 18.0 Å². The molecule has 1 heterocycles. The highest BCUT2D eigenvalue weighted by atomic mass is 35.5. The summed E-state index contributed by atoms with van der Waals surface area (Å²) in [5.74, 6) is -1.33. The molecule has 0 saturated carbocycles. The first kappa shape index (κ1) is 28.1. The van der Waals surface area contributed by atoms with Gasteiger partial charge in [0.05, 0.1) is 23.6 Å². The van der Waals surface area contributed by atoms with Gasteiger partial charge in [-0.05, 0) is 48.0 Å². The number of nitrogens with zero attached hydrogens (tertiary/aromatic N) is 3. The summed E-state index contributed by atoms with van der Waals surface area (Å²) in [6.07, 6.45) is 0.727. The van der Waals surface area contributed by atoms with Crippen LogP contribution in [-0.2, 0) is 6.54 Å². The summed E-state index contributed by atoms with van der Waals surface area (Å²) in [6.45, 7) is 7.85. The number of rotatable bonds is 10. The number of hydrogen-bond donors (Lipinski definition) is 1. The van der Waals surface area contributed by atoms with Crippen LogP contribution in [0.5, 0.6) is 0 Å². The number of allylic oxidation sites excluding steroid dienone is 1. The number of alkyl halides is 3. The van der Waals surface area contributed by atoms with E-state index in [9.17, 15) is 22.0 Å². The zero-order chi connectivity index (χ0) is 26.0. The van der Waals surface area contributed by atoms with Gasteiger partial charge in [-0.2, -0.15) is 5.10 Å². The molecule has 35 heavy (non-hydrogen) atoms. The fourth-order valence-electron chi connectivity index (χ4n) is 2.86. The van der Waals surface area contributed by atoms with E-state index in [1.54, 1.807) is 24.3 Å². The van der Waals surface area contributed by atoms with Crippen molar-refractivity contribution < 1.29 is 22.0 Å². The molecule has 3 rings (SSSR count). The largest absolute Gasteiger partial charge is 0.381 e. The summed E-state index contributed by atoms with van der Waals surface area (Å²) < 4.78 is 63.0. The van der Waals surface area contributed by atoms with E-state index in [2.05, 4.69) is 28.7 Å². The van der Waals surface area contributed by atoms with Crippen LogP contribution < -0.4 is 5.32 Å². The van der Waals surface area contributed by atoms with Crippen molar-refractivity contribution in [3.05, 3.63) is 88.7 Å². The molecule has 11 heteroatoms. The van der Waals surface area contributed by atoms with E-state index in [4.69, 9.17) is 11.6 Å². The molecule has 0 aliphatic heterocycles. The topological polar surface area (TPSA) is 42.2 Å². The van der Waals surface area contributed by atoms with Gasteiger partial charge < -0.3 is 5.32 Å². The van der Waals surface area contributed by atoms with E-state index in [0.717, 1.165) is 23.4 Å². The summed E-state index contributed by atoms with van der Waals surface area (Å²) in [4.78, 5) is 4.41. The van der Waals surface area contributed by atoms with Gasteiger partial charge in [0.25, 0.3) is 0 Å². The third-order valence-electron chi connectivity index (χ3n) is 4.40. The molecule has 0 aliphatic rings. The summed E-state index contributed by atoms with van der Waals surface area (Å²) in [7, 11) is 0.500. The van der Waals surface area contributed by atoms with Crippen molar-refractivity contribution in [1.29, 1.82) is 0 Å². The standard InChI is InChI=1S/C23H19ClF4N4S.CH3F/c1-14(30-12-15-4-6-16(25)7-5-15)3-10-20-22(18-9-8-17(26)11-19(18)24)31-23(32(20)29-2)33-13-21(27)28;1-2/h3-11,21,30H,1-2,12-13H2;1H3/b10-3+;. The number of imidazole rings is 1. The molecular weight excluding hydrogens is 507 g/mol. The summed E-state index contributed by atoms with van der Waals surface area (Å²) in [6, 6.07) is 9.84. The van der Waals surface area contributed by atoms with Gasteiger partial charge >= 0.3 is 0 Å². The summed E-state index contributed by atoms with van der Waals surface area (Å²) >= 11 is 7.03. The zero-order valence-corrected chi connectivity index (χ0v) is 20.2. The van der Waals surface area contributed by atoms with Crippen LogP contribution in [0.4, 0.5) is 22.0 Å². The monoisotopic (exact) mass is 528 g/mol. The fraction of sp³-hybridized carbons (Fsp3) is 0.167. The molecule has 0 radical (unpaired) electrons. The van der Waals surface area contributed by atoms with Crippen molar-refractivity contribution in [2.24, 2.45) is 5.10 Å². The Hall–Kier alpha value is -3.11. The highest BCUT2D eigenvalue weighted by molar-refractivity contribution is 7.99. The van der Waals surface area contributed by atoms with Crippen molar-refractivity contribution in [2.75, 3.05) is 12.9 Å². The Bertz CT molecular complexity index is 1180. The molecule has 0 saturated heterocycles. The lowest BCUT2D eigenvalue weighted by atomic mass is 10.1. The van der Waals surface area contributed by atoms with Crippen molar-refractivity contribution in [3.63, 3.8) is 0 Å². The number of nitrogens with one attached hydrogen (secondary N) is 1. The molecule has 3 aromatic rings. The first-order chi connectivity index (χ1) is 16.8. The van der Waals surface area contributed by atoms with Gasteiger partial charge in [0, 0.05) is 24.5 Å². The Morgan fingerprint density at radius 1 is 1.17 bits per heavy atom. The maximum atomic E-state index is 13.5. The average Bonchev–Trinajstić information content (AvgIpc) is 3.19. The third kappa shape index (κ3) is 7.97. The van der Waals surface area contributed by atoms with E-state index in [1.807, 2.05) is 0 Å². The Kier molecular flexibility index (Phi) is 11.0. The van der Waals surface area contributed by atoms with Gasteiger partial charge in [-0.1, -0.05) is 42.1 Å². The van der Waals surface area contributed by atoms with E-state index in [-0.39, 0.29) is 16.0 Å². The molecule has 0 unspecified atom stereocenters. The number of aromatic nitrogens is 2. The minimum atomic E-state index is -2.54. The maximum Gasteiger partial charge on any atom is 0.248 e. The Balaban J connectivity index is 0.00000210. The van der Waals surface area contributed by atoms with Crippen molar-refractivity contribution in [3.8, 4) is 11.3 Å². The van der Waals surface area contributed by atoms with Gasteiger partial charge in [-0.25, -0.2) is 27.2 Å². The summed E-state index contributed by atoms with van der Waals surface area (Å²) in [5.41, 5.74) is 2.51. The Labute approximate surface area is 209 Å². The van der Waals surface area contributed by atoms with Crippen molar-refractivity contribution in [2.45, 2.75) is 18.1 Å². The Morgan fingerprint density at radius 3 is 2.43 bits per heavy atom. The second kappa shape index (κ2) is 13.7. The minimum Gasteiger partial charge on any atom is -0.381 e. The number of hydrogen-bond acceptors (Lipinski definition) is 4. The molecule has 0 aliphatic carbocycles. The maximum absolute atomic E-state index is 13.5. The van der Waals surface area contributed by atoms with Crippen LogP contribution in [0.2, 0.25) is 5.02 Å². The van der Waals surface area contributed by atoms with Crippen LogP contribution >= 0.6 is 23.4 Å². The second-order valence-corrected chi connectivity index (χ2v) is 8.14. The van der Waals surface area contributed by atoms with Crippen LogP contribution in [0.15, 0.2) is 71.1 Å². The third-order valence-corrected chi connectivity index (χ3v) is 5.65.